The first kappa shape index (κ1) is 41.4. The second kappa shape index (κ2) is 18.8. The Hall–Kier alpha value is -5.27. The van der Waals surface area contributed by atoms with Crippen LogP contribution in [0.1, 0.15) is 23.2 Å². The number of hydrogen-bond donors (Lipinski definition) is 3. The van der Waals surface area contributed by atoms with Gasteiger partial charge in [-0.2, -0.15) is 0 Å². The van der Waals surface area contributed by atoms with Gasteiger partial charge in [0.05, 0.1) is 34.2 Å². The Morgan fingerprint density at radius 2 is 1.05 bits per heavy atom. The zero-order valence-corrected chi connectivity index (χ0v) is 34.9. The van der Waals surface area contributed by atoms with E-state index in [4.69, 9.17) is 29.8 Å². The summed E-state index contributed by atoms with van der Waals surface area (Å²) in [7, 11) is 2.94. The number of aliphatic hydroxyl groups is 1. The number of benzene rings is 6. The van der Waals surface area contributed by atoms with Crippen molar-refractivity contribution in [3.63, 3.8) is 0 Å². The molecule has 0 amide bonds. The second-order valence-corrected chi connectivity index (χ2v) is 13.4. The predicted octanol–water partition coefficient (Wildman–Crippen LogP) is 9.17. The van der Waals surface area contributed by atoms with Crippen molar-refractivity contribution in [1.29, 1.82) is 0 Å². The van der Waals surface area contributed by atoms with Crippen LogP contribution in [-0.2, 0) is 0 Å². The summed E-state index contributed by atoms with van der Waals surface area (Å²) in [5, 5.41) is 14.8. The third kappa shape index (κ3) is 7.62. The molecule has 2 aromatic heterocycles. The molecular weight excluding hydrogens is 824 g/mol. The molecule has 0 saturated heterocycles. The number of aliphatic hydroxyl groups excluding tert-OH is 1. The molecule has 0 bridgehead atoms. The Kier molecular flexibility index (Phi) is 13.6. The summed E-state index contributed by atoms with van der Waals surface area (Å²) in [6.07, 6.45) is 0. The number of halogens is 1. The maximum Gasteiger partial charge on any atom is 0.143 e. The van der Waals surface area contributed by atoms with Crippen LogP contribution >= 0.6 is 24.0 Å². The zero-order chi connectivity index (χ0) is 37.7. The van der Waals surface area contributed by atoms with Gasteiger partial charge in [-0.25, -0.2) is 0 Å². The van der Waals surface area contributed by atoms with E-state index in [9.17, 15) is 0 Å². The Labute approximate surface area is 350 Å². The van der Waals surface area contributed by atoms with E-state index in [0.717, 1.165) is 63.8 Å². The summed E-state index contributed by atoms with van der Waals surface area (Å²) in [5.41, 5.74) is 12.8. The maximum absolute atomic E-state index is 7.00. The number of para-hydroxylation sites is 2. The van der Waals surface area contributed by atoms with Gasteiger partial charge in [-0.3, -0.25) is 0 Å². The minimum Gasteiger partial charge on any atom is -0.492 e. The highest BCUT2D eigenvalue weighted by molar-refractivity contribution is 14.0. The number of nitrogens with one attached hydrogen (secondary N) is 1. The number of ether oxygens (including phenoxy) is 4. The van der Waals surface area contributed by atoms with Gasteiger partial charge in [-0.1, -0.05) is 97.1 Å². The zero-order valence-electron chi connectivity index (χ0n) is 32.6. The molecule has 10 rings (SSSR count). The van der Waals surface area contributed by atoms with Gasteiger partial charge >= 0.3 is 0 Å². The number of nitrogens with zero attached hydrogens (tertiary/aromatic N) is 2. The van der Waals surface area contributed by atoms with Crippen molar-refractivity contribution in [1.82, 2.24) is 14.5 Å². The van der Waals surface area contributed by atoms with Crippen molar-refractivity contribution in [3.05, 3.63) is 152 Å². The fraction of sp³-hybridized carbons (Fsp3) is 0.213. The van der Waals surface area contributed by atoms with Gasteiger partial charge in [-0.05, 0) is 54.6 Å². The second-order valence-electron chi connectivity index (χ2n) is 13.4. The molecule has 10 heteroatoms. The molecule has 4 N–H and O–H groups in total. The van der Waals surface area contributed by atoms with Crippen LogP contribution in [0.15, 0.2) is 133 Å². The van der Waals surface area contributed by atoms with Crippen molar-refractivity contribution < 1.29 is 24.1 Å². The fourth-order valence-electron chi connectivity index (χ4n) is 8.05. The lowest BCUT2D eigenvalue weighted by Gasteiger charge is -2.27. The van der Waals surface area contributed by atoms with Crippen LogP contribution in [0.4, 0.5) is 0 Å². The topological polar surface area (TPSA) is 105 Å². The SMILES string of the molecule is I.NCCOc1cccc2c1c1cccc3c1n2[C@H](c1ccccc1)CO3.[11CH3-].[11CH3]NCCOc1cccc2c1c1cccc3c1n2[C@H](c1ccccc1)CO3.[11CH3]O. The van der Waals surface area contributed by atoms with E-state index < -0.39 is 0 Å². The molecule has 2 atom stereocenters. The summed E-state index contributed by atoms with van der Waals surface area (Å²) >= 11 is 0. The molecule has 2 aliphatic rings. The smallest absolute Gasteiger partial charge is 0.143 e. The van der Waals surface area contributed by atoms with E-state index in [1.54, 1.807) is 0 Å². The summed E-state index contributed by atoms with van der Waals surface area (Å²) < 4.78 is 29.2. The van der Waals surface area contributed by atoms with Gasteiger partial charge < -0.3 is 51.7 Å². The average molecular weight is 875 g/mol. The lowest BCUT2D eigenvalue weighted by atomic mass is 10.1. The van der Waals surface area contributed by atoms with Crippen LogP contribution in [0.25, 0.3) is 43.6 Å². The predicted molar refractivity (Wildman–Crippen MR) is 243 cm³/mol. The highest BCUT2D eigenvalue weighted by Crippen LogP contribution is 2.46. The number of fused-ring (bicyclic) bond motifs is 6. The van der Waals surface area contributed by atoms with Crippen molar-refractivity contribution >= 4 is 67.6 Å². The summed E-state index contributed by atoms with van der Waals surface area (Å²) in [4.78, 5) is 0. The molecule has 0 unspecified atom stereocenters. The molecule has 8 aromatic rings. The van der Waals surface area contributed by atoms with E-state index in [-0.39, 0.29) is 43.5 Å². The van der Waals surface area contributed by atoms with Crippen molar-refractivity contribution in [2.45, 2.75) is 12.1 Å². The van der Waals surface area contributed by atoms with Crippen LogP contribution in [0.5, 0.6) is 23.0 Å². The minimum absolute atomic E-state index is 0. The molecule has 4 heterocycles. The molecule has 9 nitrogen and oxygen atoms in total. The average Bonchev–Trinajstić information content (AvgIpc) is 3.78. The first-order valence-corrected chi connectivity index (χ1v) is 18.8. The Morgan fingerprint density at radius 3 is 1.49 bits per heavy atom. The van der Waals surface area contributed by atoms with Crippen LogP contribution in [0, 0.1) is 7.43 Å². The number of rotatable bonds is 9. The van der Waals surface area contributed by atoms with Crippen molar-refractivity contribution in [2.24, 2.45) is 5.73 Å². The van der Waals surface area contributed by atoms with Gasteiger partial charge in [0.15, 0.2) is 0 Å². The molecule has 0 saturated carbocycles. The Morgan fingerprint density at radius 1 is 0.614 bits per heavy atom. The molecule has 57 heavy (non-hydrogen) atoms. The van der Waals surface area contributed by atoms with E-state index in [0.29, 0.717) is 33.0 Å². The quantitative estimate of drug-likeness (QED) is 0.0755. The molecule has 0 aliphatic carbocycles. The van der Waals surface area contributed by atoms with E-state index in [1.165, 1.54) is 27.5 Å². The third-order valence-electron chi connectivity index (χ3n) is 10.3. The summed E-state index contributed by atoms with van der Waals surface area (Å²) in [5.74, 6) is 3.67. The molecule has 296 valence electrons. The van der Waals surface area contributed by atoms with E-state index >= 15 is 0 Å². The Bertz CT molecular complexity index is 2560. The number of aromatic nitrogens is 2. The molecule has 0 spiro atoms. The van der Waals surface area contributed by atoms with Gasteiger partial charge in [-0.15, -0.1) is 24.0 Å². The third-order valence-corrected chi connectivity index (χ3v) is 10.3. The first-order chi connectivity index (χ1) is 27.3. The number of hydrogen-bond acceptors (Lipinski definition) is 7. The van der Waals surface area contributed by atoms with E-state index in [2.05, 4.69) is 118 Å². The lowest BCUT2D eigenvalue weighted by molar-refractivity contribution is 0.262. The first-order valence-electron chi connectivity index (χ1n) is 18.8. The molecule has 2 aliphatic heterocycles. The standard InChI is InChI=1S/C23H22N2O2.C22H20N2O2.CH4O.CH3.HI/c1-24-13-14-26-20-11-6-10-18-22(20)17-9-5-12-21-23(17)25(18)19(15-27-21)16-7-3-2-4-8-16;23-12-13-25-19-10-5-9-17-21(19)16-8-4-11-20-22(16)24(17)18(14-26-20)15-6-2-1-3-7-15;1-2;;/h2-12,19,24H,13-15H2,1H3;1-11,18H,12-14,23H2;2H,1H3;1H3;1H/q;;;-1;/t19-;18-;;;/m00.../s1/i1-1;;2*1-1;. The van der Waals surface area contributed by atoms with Crippen LogP contribution < -0.4 is 30.0 Å². The largest absolute Gasteiger partial charge is 0.492 e. The van der Waals surface area contributed by atoms with Gasteiger partial charge in [0, 0.05) is 41.7 Å². The molecule has 6 aromatic carbocycles. The number of nitrogens with two attached hydrogens (primary N) is 1. The molecule has 0 radical (unpaired) electrons. The van der Waals surface area contributed by atoms with E-state index in [1.807, 2.05) is 37.4 Å². The summed E-state index contributed by atoms with van der Waals surface area (Å²) in [6.45, 7) is 3.70. The van der Waals surface area contributed by atoms with Gasteiger partial charge in [0.2, 0.25) is 0 Å². The maximum atomic E-state index is 7.00. The fourth-order valence-corrected chi connectivity index (χ4v) is 8.05. The lowest BCUT2D eigenvalue weighted by Crippen LogP contribution is -2.22. The minimum atomic E-state index is 0. The van der Waals surface area contributed by atoms with Crippen molar-refractivity contribution in [2.75, 3.05) is 53.7 Å². The summed E-state index contributed by atoms with van der Waals surface area (Å²) in [6, 6.07) is 46.5. The van der Waals surface area contributed by atoms with Gasteiger partial charge in [0.1, 0.15) is 49.4 Å². The molecular formula is C47H50IN4O5-. The van der Waals surface area contributed by atoms with Crippen LogP contribution in [0.3, 0.4) is 0 Å². The number of likely N-dealkylation sites (N-methyl/N-ethyl adjacent to an activating group) is 1. The van der Waals surface area contributed by atoms with Gasteiger partial charge in [0.25, 0.3) is 0 Å². The van der Waals surface area contributed by atoms with Crippen LogP contribution in [-0.4, -0.2) is 67.9 Å². The van der Waals surface area contributed by atoms with Crippen LogP contribution in [0.2, 0.25) is 0 Å². The highest BCUT2D eigenvalue weighted by atomic mass is 127. The normalized spacial score (nSPS) is 14.9. The highest BCUT2D eigenvalue weighted by Gasteiger charge is 2.29. The van der Waals surface area contributed by atoms with Crippen molar-refractivity contribution in [3.8, 4) is 23.0 Å². The monoisotopic (exact) mass is 874 g/mol. The molecule has 0 fully saturated rings. The Balaban J connectivity index is 0.000000179.